The molecule has 0 fully saturated rings. The minimum atomic E-state index is -4.23. The van der Waals surface area contributed by atoms with Gasteiger partial charge in [0.25, 0.3) is 10.0 Å². The lowest BCUT2D eigenvalue weighted by Gasteiger charge is -2.32. The Labute approximate surface area is 246 Å². The highest BCUT2D eigenvalue weighted by atomic mass is 35.5. The molecule has 220 valence electrons. The molecule has 0 heterocycles. The highest BCUT2D eigenvalue weighted by Crippen LogP contribution is 2.27. The summed E-state index contributed by atoms with van der Waals surface area (Å²) in [7, 11) is -4.23. The standard InChI is InChI=1S/C30H35ClFN3O5S/c1-5-40-27-14-12-26(13-15-27)35(41(38,39)28-16-8-24(31)9-17-28)20-29(36)34(19-23-6-10-25(32)11-7-23)22(4)30(37)33-18-21(2)3/h6-17,21-22H,5,18-20H2,1-4H3,(H,33,37)/t22-/m0/s1. The number of rotatable bonds is 13. The fourth-order valence-corrected chi connectivity index (χ4v) is 5.50. The molecule has 0 aliphatic rings. The summed E-state index contributed by atoms with van der Waals surface area (Å²) in [6.45, 7) is 7.51. The van der Waals surface area contributed by atoms with Crippen LogP contribution in [0.4, 0.5) is 10.1 Å². The second kappa shape index (κ2) is 14.3. The molecule has 0 unspecified atom stereocenters. The van der Waals surface area contributed by atoms with Gasteiger partial charge in [0.1, 0.15) is 24.2 Å². The largest absolute Gasteiger partial charge is 0.494 e. The van der Waals surface area contributed by atoms with E-state index in [2.05, 4.69) is 5.32 Å². The van der Waals surface area contributed by atoms with Gasteiger partial charge in [-0.2, -0.15) is 0 Å². The van der Waals surface area contributed by atoms with Gasteiger partial charge >= 0.3 is 0 Å². The first-order valence-corrected chi connectivity index (χ1v) is 15.1. The summed E-state index contributed by atoms with van der Waals surface area (Å²) in [6.07, 6.45) is 0. The Kier molecular flexibility index (Phi) is 11.1. The van der Waals surface area contributed by atoms with E-state index in [0.717, 1.165) is 4.31 Å². The van der Waals surface area contributed by atoms with Gasteiger partial charge in [0.2, 0.25) is 11.8 Å². The topological polar surface area (TPSA) is 96.0 Å². The monoisotopic (exact) mass is 603 g/mol. The quantitative estimate of drug-likeness (QED) is 0.287. The van der Waals surface area contributed by atoms with Crippen LogP contribution in [0.5, 0.6) is 5.75 Å². The number of hydrogen-bond donors (Lipinski definition) is 1. The molecule has 0 aliphatic carbocycles. The Bertz CT molecular complexity index is 1420. The summed E-state index contributed by atoms with van der Waals surface area (Å²) in [5.74, 6) is -0.716. The maximum Gasteiger partial charge on any atom is 0.264 e. The Morgan fingerprint density at radius 1 is 0.951 bits per heavy atom. The lowest BCUT2D eigenvalue weighted by Crippen LogP contribution is -2.51. The molecule has 41 heavy (non-hydrogen) atoms. The van der Waals surface area contributed by atoms with Crippen LogP contribution in [-0.2, 0) is 26.2 Å². The number of hydrogen-bond acceptors (Lipinski definition) is 5. The van der Waals surface area contributed by atoms with Crippen molar-refractivity contribution in [3.63, 3.8) is 0 Å². The van der Waals surface area contributed by atoms with Gasteiger partial charge in [-0.1, -0.05) is 37.6 Å². The SMILES string of the molecule is CCOc1ccc(N(CC(=O)N(Cc2ccc(F)cc2)[C@@H](C)C(=O)NCC(C)C)S(=O)(=O)c2ccc(Cl)cc2)cc1. The Morgan fingerprint density at radius 3 is 2.12 bits per heavy atom. The average Bonchev–Trinajstić information content (AvgIpc) is 2.94. The predicted molar refractivity (Wildman–Crippen MR) is 158 cm³/mol. The van der Waals surface area contributed by atoms with Gasteiger partial charge in [-0.25, -0.2) is 12.8 Å². The zero-order valence-corrected chi connectivity index (χ0v) is 25.1. The van der Waals surface area contributed by atoms with Crippen LogP contribution in [-0.4, -0.2) is 50.9 Å². The van der Waals surface area contributed by atoms with Crippen molar-refractivity contribution in [2.24, 2.45) is 5.92 Å². The molecule has 0 saturated carbocycles. The van der Waals surface area contributed by atoms with Gasteiger partial charge < -0.3 is 15.0 Å². The van der Waals surface area contributed by atoms with E-state index in [4.69, 9.17) is 16.3 Å². The van der Waals surface area contributed by atoms with Crippen molar-refractivity contribution < 1.29 is 27.1 Å². The van der Waals surface area contributed by atoms with Crippen molar-refractivity contribution in [1.82, 2.24) is 10.2 Å². The Balaban J connectivity index is 2.01. The molecule has 1 atom stereocenters. The first kappa shape index (κ1) is 31.9. The van der Waals surface area contributed by atoms with Crippen LogP contribution < -0.4 is 14.4 Å². The smallest absolute Gasteiger partial charge is 0.264 e. The van der Waals surface area contributed by atoms with E-state index in [1.54, 1.807) is 31.2 Å². The number of carbonyl (C=O) groups excluding carboxylic acids is 2. The molecule has 2 amide bonds. The van der Waals surface area contributed by atoms with Crippen molar-refractivity contribution in [3.8, 4) is 5.75 Å². The van der Waals surface area contributed by atoms with Crippen molar-refractivity contribution in [2.75, 3.05) is 24.0 Å². The molecule has 1 N–H and O–H groups in total. The van der Waals surface area contributed by atoms with Crippen LogP contribution in [0.2, 0.25) is 5.02 Å². The molecule has 3 rings (SSSR count). The highest BCUT2D eigenvalue weighted by molar-refractivity contribution is 7.92. The lowest BCUT2D eigenvalue weighted by atomic mass is 10.1. The van der Waals surface area contributed by atoms with Gasteiger partial charge in [-0.3, -0.25) is 13.9 Å². The second-order valence-corrected chi connectivity index (χ2v) is 12.2. The van der Waals surface area contributed by atoms with Crippen molar-refractivity contribution in [2.45, 2.75) is 45.2 Å². The van der Waals surface area contributed by atoms with E-state index in [1.165, 1.54) is 53.4 Å². The first-order chi connectivity index (χ1) is 19.4. The molecule has 0 aromatic heterocycles. The summed E-state index contributed by atoms with van der Waals surface area (Å²) >= 11 is 5.98. The van der Waals surface area contributed by atoms with Crippen LogP contribution in [0.15, 0.2) is 77.7 Å². The molecule has 0 bridgehead atoms. The second-order valence-electron chi connectivity index (χ2n) is 9.86. The number of anilines is 1. The number of benzene rings is 3. The zero-order chi connectivity index (χ0) is 30.2. The zero-order valence-electron chi connectivity index (χ0n) is 23.5. The third-order valence-electron chi connectivity index (χ3n) is 6.23. The molecular weight excluding hydrogens is 569 g/mol. The fraction of sp³-hybridized carbons (Fsp3) is 0.333. The van der Waals surface area contributed by atoms with Crippen LogP contribution in [0.1, 0.15) is 33.3 Å². The maximum atomic E-state index is 13.9. The molecule has 0 saturated heterocycles. The number of amides is 2. The van der Waals surface area contributed by atoms with Gasteiger partial charge in [-0.05, 0) is 86.0 Å². The third kappa shape index (κ3) is 8.68. The maximum absolute atomic E-state index is 13.9. The van der Waals surface area contributed by atoms with Gasteiger partial charge in [-0.15, -0.1) is 0 Å². The van der Waals surface area contributed by atoms with E-state index < -0.39 is 34.3 Å². The number of halogens is 2. The normalized spacial score (nSPS) is 12.1. The minimum Gasteiger partial charge on any atom is -0.494 e. The minimum absolute atomic E-state index is 0.0342. The number of nitrogens with zero attached hydrogens (tertiary/aromatic N) is 2. The lowest BCUT2D eigenvalue weighted by molar-refractivity contribution is -0.139. The summed E-state index contributed by atoms with van der Waals surface area (Å²) in [5.41, 5.74) is 0.812. The van der Waals surface area contributed by atoms with E-state index in [1.807, 2.05) is 20.8 Å². The predicted octanol–water partition coefficient (Wildman–Crippen LogP) is 5.26. The molecule has 3 aromatic carbocycles. The van der Waals surface area contributed by atoms with Crippen molar-refractivity contribution in [1.29, 1.82) is 0 Å². The fourth-order valence-electron chi connectivity index (χ4n) is 3.96. The van der Waals surface area contributed by atoms with Crippen LogP contribution >= 0.6 is 11.6 Å². The average molecular weight is 604 g/mol. The van der Waals surface area contributed by atoms with Crippen LogP contribution in [0.3, 0.4) is 0 Å². The van der Waals surface area contributed by atoms with Crippen molar-refractivity contribution in [3.05, 3.63) is 89.2 Å². The van der Waals surface area contributed by atoms with E-state index in [9.17, 15) is 22.4 Å². The number of ether oxygens (including phenoxy) is 1. The molecule has 0 radical (unpaired) electrons. The van der Waals surface area contributed by atoms with Crippen LogP contribution in [0.25, 0.3) is 0 Å². The van der Waals surface area contributed by atoms with Gasteiger partial charge in [0, 0.05) is 18.1 Å². The molecule has 8 nitrogen and oxygen atoms in total. The van der Waals surface area contributed by atoms with E-state index in [0.29, 0.717) is 29.5 Å². The van der Waals surface area contributed by atoms with E-state index in [-0.39, 0.29) is 29.0 Å². The number of nitrogens with one attached hydrogen (secondary N) is 1. The molecule has 0 spiro atoms. The third-order valence-corrected chi connectivity index (χ3v) is 8.27. The first-order valence-electron chi connectivity index (χ1n) is 13.2. The van der Waals surface area contributed by atoms with E-state index >= 15 is 0 Å². The Morgan fingerprint density at radius 2 is 1.56 bits per heavy atom. The summed E-state index contributed by atoms with van der Waals surface area (Å²) in [5, 5.41) is 3.19. The molecule has 3 aromatic rings. The Hall–Kier alpha value is -3.63. The summed E-state index contributed by atoms with van der Waals surface area (Å²) in [6, 6.07) is 16.6. The van der Waals surface area contributed by atoms with Crippen LogP contribution in [0, 0.1) is 11.7 Å². The summed E-state index contributed by atoms with van der Waals surface area (Å²) < 4.78 is 47.7. The summed E-state index contributed by atoms with van der Waals surface area (Å²) in [4.78, 5) is 28.2. The van der Waals surface area contributed by atoms with Gasteiger partial charge in [0.05, 0.1) is 17.2 Å². The molecule has 11 heteroatoms. The molecular formula is C30H35ClFN3O5S. The number of sulfonamides is 1. The van der Waals surface area contributed by atoms with Gasteiger partial charge in [0.15, 0.2) is 0 Å². The highest BCUT2D eigenvalue weighted by Gasteiger charge is 2.32. The molecule has 0 aliphatic heterocycles. The number of carbonyl (C=O) groups is 2. The van der Waals surface area contributed by atoms with Crippen molar-refractivity contribution >= 4 is 39.1 Å².